The van der Waals surface area contributed by atoms with Crippen LogP contribution in [0.2, 0.25) is 0 Å². The number of hydrogen-bond donors (Lipinski definition) is 1. The maximum atomic E-state index is 11.1. The minimum Gasteiger partial charge on any atom is -0.491 e. The summed E-state index contributed by atoms with van der Waals surface area (Å²) < 4.78 is 10.3. The molecule has 0 aliphatic heterocycles. The van der Waals surface area contributed by atoms with E-state index in [0.717, 1.165) is 5.56 Å². The zero-order valence-corrected chi connectivity index (χ0v) is 11.4. The highest BCUT2D eigenvalue weighted by Crippen LogP contribution is 2.12. The van der Waals surface area contributed by atoms with Crippen molar-refractivity contribution in [3.63, 3.8) is 0 Å². The molecule has 0 bridgehead atoms. The van der Waals surface area contributed by atoms with Gasteiger partial charge in [0.15, 0.2) is 0 Å². The van der Waals surface area contributed by atoms with Crippen LogP contribution in [0.3, 0.4) is 0 Å². The molecule has 0 heterocycles. The molecule has 0 aliphatic rings. The van der Waals surface area contributed by atoms with Gasteiger partial charge >= 0.3 is 5.97 Å². The topological polar surface area (TPSA) is 55.8 Å². The third-order valence-electron chi connectivity index (χ3n) is 2.50. The second-order valence-electron chi connectivity index (χ2n) is 4.48. The van der Waals surface area contributed by atoms with Crippen molar-refractivity contribution < 1.29 is 19.4 Å². The van der Waals surface area contributed by atoms with Gasteiger partial charge in [0.1, 0.15) is 12.4 Å². The summed E-state index contributed by atoms with van der Waals surface area (Å²) in [7, 11) is 0. The van der Waals surface area contributed by atoms with Gasteiger partial charge in [-0.15, -0.1) is 0 Å². The lowest BCUT2D eigenvalue weighted by molar-refractivity contribution is -0.139. The van der Waals surface area contributed by atoms with Gasteiger partial charge in [-0.1, -0.05) is 24.3 Å². The van der Waals surface area contributed by atoms with Crippen LogP contribution in [0.25, 0.3) is 0 Å². The molecule has 0 fully saturated rings. The van der Waals surface area contributed by atoms with E-state index >= 15 is 0 Å². The quantitative estimate of drug-likeness (QED) is 0.606. The summed E-state index contributed by atoms with van der Waals surface area (Å²) in [6.45, 7) is 7.38. The molecule has 0 amide bonds. The lowest BCUT2D eigenvalue weighted by atomic mass is 10.2. The molecular weight excluding hydrogens is 244 g/mol. The van der Waals surface area contributed by atoms with Crippen LogP contribution in [0.5, 0.6) is 5.75 Å². The first-order chi connectivity index (χ1) is 8.99. The van der Waals surface area contributed by atoms with Crippen LogP contribution in [0.4, 0.5) is 0 Å². The fourth-order valence-electron chi connectivity index (χ4n) is 1.32. The molecule has 0 radical (unpaired) electrons. The Balaban J connectivity index is 2.21. The van der Waals surface area contributed by atoms with Crippen molar-refractivity contribution >= 4 is 5.97 Å². The number of aliphatic hydroxyl groups is 1. The highest BCUT2D eigenvalue weighted by molar-refractivity contribution is 5.86. The van der Waals surface area contributed by atoms with Crippen LogP contribution in [0.15, 0.2) is 36.4 Å². The van der Waals surface area contributed by atoms with Crippen molar-refractivity contribution in [1.82, 2.24) is 0 Å². The van der Waals surface area contributed by atoms with Gasteiger partial charge in [0.25, 0.3) is 0 Å². The lowest BCUT2D eigenvalue weighted by Gasteiger charge is -2.12. The van der Waals surface area contributed by atoms with Crippen LogP contribution in [-0.4, -0.2) is 30.4 Å². The Kier molecular flexibility index (Phi) is 6.09. The van der Waals surface area contributed by atoms with E-state index < -0.39 is 12.1 Å². The van der Waals surface area contributed by atoms with Crippen LogP contribution >= 0.6 is 0 Å². The van der Waals surface area contributed by atoms with E-state index in [1.165, 1.54) is 0 Å². The molecule has 1 N–H and O–H groups in total. The standard InChI is InChI=1S/C15H20O4/c1-11(2)15(17)18-9-8-13(16)10-19-14-6-4-12(3)5-7-14/h4-7,13,16H,1,8-10H2,2-3H3. The number of esters is 1. The number of carbonyl (C=O) groups is 1. The number of rotatable bonds is 7. The molecule has 4 heteroatoms. The summed E-state index contributed by atoms with van der Waals surface area (Å²) in [5, 5.41) is 9.68. The number of ether oxygens (including phenoxy) is 2. The second kappa shape index (κ2) is 7.59. The van der Waals surface area contributed by atoms with E-state index in [0.29, 0.717) is 17.7 Å². The van der Waals surface area contributed by atoms with Gasteiger partial charge in [-0.25, -0.2) is 4.79 Å². The van der Waals surface area contributed by atoms with E-state index in [4.69, 9.17) is 9.47 Å². The van der Waals surface area contributed by atoms with Crippen LogP contribution in [0.1, 0.15) is 18.9 Å². The summed E-state index contributed by atoms with van der Waals surface area (Å²) in [6, 6.07) is 7.58. The van der Waals surface area contributed by atoms with E-state index in [1.54, 1.807) is 6.92 Å². The molecule has 1 atom stereocenters. The van der Waals surface area contributed by atoms with Gasteiger partial charge < -0.3 is 14.6 Å². The van der Waals surface area contributed by atoms with E-state index in [-0.39, 0.29) is 13.2 Å². The van der Waals surface area contributed by atoms with Gasteiger partial charge in [-0.05, 0) is 26.0 Å². The molecule has 0 saturated heterocycles. The predicted octanol–water partition coefficient (Wildman–Crippen LogP) is 2.24. The van der Waals surface area contributed by atoms with Crippen molar-refractivity contribution in [3.8, 4) is 5.75 Å². The highest BCUT2D eigenvalue weighted by atomic mass is 16.5. The normalized spacial score (nSPS) is 11.7. The molecule has 0 aromatic heterocycles. The van der Waals surface area contributed by atoms with Crippen LogP contribution in [-0.2, 0) is 9.53 Å². The lowest BCUT2D eigenvalue weighted by Crippen LogP contribution is -2.20. The summed E-state index contributed by atoms with van der Waals surface area (Å²) >= 11 is 0. The third kappa shape index (κ3) is 6.06. The number of benzene rings is 1. The zero-order valence-electron chi connectivity index (χ0n) is 11.4. The van der Waals surface area contributed by atoms with Crippen molar-refractivity contribution in [2.45, 2.75) is 26.4 Å². The molecule has 1 aromatic carbocycles. The molecule has 19 heavy (non-hydrogen) atoms. The largest absolute Gasteiger partial charge is 0.491 e. The Bertz CT molecular complexity index is 422. The summed E-state index contributed by atoms with van der Waals surface area (Å²) in [5.74, 6) is 0.273. The average molecular weight is 264 g/mol. The Labute approximate surface area is 113 Å². The second-order valence-corrected chi connectivity index (χ2v) is 4.48. The van der Waals surface area contributed by atoms with Crippen LogP contribution < -0.4 is 4.74 Å². The molecule has 1 aromatic rings. The van der Waals surface area contributed by atoms with Gasteiger partial charge in [0.2, 0.25) is 0 Å². The highest BCUT2D eigenvalue weighted by Gasteiger charge is 2.08. The maximum absolute atomic E-state index is 11.1. The van der Waals surface area contributed by atoms with Crippen LogP contribution in [0, 0.1) is 6.92 Å². The monoisotopic (exact) mass is 264 g/mol. The molecule has 1 unspecified atom stereocenters. The first kappa shape index (κ1) is 15.2. The Hall–Kier alpha value is -1.81. The first-order valence-corrected chi connectivity index (χ1v) is 6.19. The average Bonchev–Trinajstić information content (AvgIpc) is 2.37. The summed E-state index contributed by atoms with van der Waals surface area (Å²) in [4.78, 5) is 11.1. The summed E-state index contributed by atoms with van der Waals surface area (Å²) in [6.07, 6.45) is -0.329. The SMILES string of the molecule is C=C(C)C(=O)OCCC(O)COc1ccc(C)cc1. The number of aliphatic hydroxyl groups excluding tert-OH is 1. The molecule has 0 saturated carbocycles. The summed E-state index contributed by atoms with van der Waals surface area (Å²) in [5.41, 5.74) is 1.50. The van der Waals surface area contributed by atoms with Crippen molar-refractivity contribution in [2.75, 3.05) is 13.2 Å². The van der Waals surface area contributed by atoms with E-state index in [9.17, 15) is 9.90 Å². The number of aryl methyl sites for hydroxylation is 1. The molecule has 0 spiro atoms. The van der Waals surface area contributed by atoms with Gasteiger partial charge in [0, 0.05) is 12.0 Å². The Morgan fingerprint density at radius 2 is 2.00 bits per heavy atom. The van der Waals surface area contributed by atoms with Gasteiger partial charge in [-0.3, -0.25) is 0 Å². The minimum absolute atomic E-state index is 0.157. The molecule has 0 aliphatic carbocycles. The van der Waals surface area contributed by atoms with E-state index in [2.05, 4.69) is 6.58 Å². The molecule has 104 valence electrons. The smallest absolute Gasteiger partial charge is 0.333 e. The first-order valence-electron chi connectivity index (χ1n) is 6.19. The third-order valence-corrected chi connectivity index (χ3v) is 2.50. The molecule has 1 rings (SSSR count). The molecular formula is C15H20O4. The number of hydrogen-bond acceptors (Lipinski definition) is 4. The maximum Gasteiger partial charge on any atom is 0.333 e. The van der Waals surface area contributed by atoms with Crippen molar-refractivity contribution in [3.05, 3.63) is 42.0 Å². The fourth-order valence-corrected chi connectivity index (χ4v) is 1.32. The van der Waals surface area contributed by atoms with Crippen molar-refractivity contribution in [2.24, 2.45) is 0 Å². The van der Waals surface area contributed by atoms with Gasteiger partial charge in [0.05, 0.1) is 12.7 Å². The Morgan fingerprint density at radius 1 is 1.37 bits per heavy atom. The minimum atomic E-state index is -0.667. The Morgan fingerprint density at radius 3 is 2.58 bits per heavy atom. The molecule has 4 nitrogen and oxygen atoms in total. The van der Waals surface area contributed by atoms with Crippen molar-refractivity contribution in [1.29, 1.82) is 0 Å². The van der Waals surface area contributed by atoms with Gasteiger partial charge in [-0.2, -0.15) is 0 Å². The predicted molar refractivity (Wildman–Crippen MR) is 73.1 cm³/mol. The number of carbonyl (C=O) groups excluding carboxylic acids is 1. The zero-order chi connectivity index (χ0) is 14.3. The fraction of sp³-hybridized carbons (Fsp3) is 0.400. The van der Waals surface area contributed by atoms with E-state index in [1.807, 2.05) is 31.2 Å².